The van der Waals surface area contributed by atoms with Crippen LogP contribution in [0, 0.1) is 0 Å². The lowest BCUT2D eigenvalue weighted by molar-refractivity contribution is 0.0571. The van der Waals surface area contributed by atoms with Crippen LogP contribution in [0.1, 0.15) is 32.6 Å². The molecule has 2 heterocycles. The lowest BCUT2D eigenvalue weighted by Crippen LogP contribution is -2.54. The van der Waals surface area contributed by atoms with Crippen LogP contribution in [0.3, 0.4) is 0 Å². The molecule has 1 aliphatic heterocycles. The number of hydrogen-bond donors (Lipinski definition) is 2. The minimum absolute atomic E-state index is 0. The molecule has 1 saturated carbocycles. The first kappa shape index (κ1) is 21.9. The molecule has 0 unspecified atom stereocenters. The van der Waals surface area contributed by atoms with Gasteiger partial charge in [0.1, 0.15) is 0 Å². The number of aryl methyl sites for hydroxylation is 1. The van der Waals surface area contributed by atoms with Gasteiger partial charge in [-0.2, -0.15) is 0 Å². The van der Waals surface area contributed by atoms with Crippen molar-refractivity contribution in [3.63, 3.8) is 0 Å². The molecular weight excluding hydrogens is 459 g/mol. The van der Waals surface area contributed by atoms with E-state index in [0.717, 1.165) is 64.4 Å². The summed E-state index contributed by atoms with van der Waals surface area (Å²) >= 11 is 0. The summed E-state index contributed by atoms with van der Waals surface area (Å²) in [6.45, 7) is 6.28. The van der Waals surface area contributed by atoms with Gasteiger partial charge in [0, 0.05) is 52.2 Å². The van der Waals surface area contributed by atoms with Gasteiger partial charge < -0.3 is 24.8 Å². The van der Waals surface area contributed by atoms with E-state index in [2.05, 4.69) is 15.2 Å². The van der Waals surface area contributed by atoms with E-state index in [-0.39, 0.29) is 29.5 Å². The quantitative estimate of drug-likeness (QED) is 0.369. The van der Waals surface area contributed by atoms with Crippen LogP contribution < -0.4 is 15.8 Å². The van der Waals surface area contributed by atoms with E-state index >= 15 is 0 Å². The maximum Gasteiger partial charge on any atom is 0.293 e. The zero-order valence-corrected chi connectivity index (χ0v) is 18.6. The molecular formula is C18H31IN6O2. The monoisotopic (exact) mass is 490 g/mol. The third-order valence-corrected chi connectivity index (χ3v) is 5.27. The number of hydrogen-bond acceptors (Lipinski definition) is 5. The van der Waals surface area contributed by atoms with Gasteiger partial charge in [0.05, 0.1) is 12.1 Å². The van der Waals surface area contributed by atoms with Gasteiger partial charge in [-0.05, 0) is 19.8 Å². The Morgan fingerprint density at radius 1 is 1.30 bits per heavy atom. The number of halogens is 1. The lowest BCUT2D eigenvalue weighted by Gasteiger charge is -2.37. The number of aliphatic imine (C=N–C) groups is 1. The third-order valence-electron chi connectivity index (χ3n) is 5.27. The summed E-state index contributed by atoms with van der Waals surface area (Å²) < 4.78 is 1.56. The molecule has 1 aromatic rings. The average molecular weight is 490 g/mol. The van der Waals surface area contributed by atoms with Crippen LogP contribution in [0.4, 0.5) is 5.82 Å². The van der Waals surface area contributed by atoms with Gasteiger partial charge in [-0.1, -0.05) is 12.8 Å². The molecule has 0 radical (unpaired) electrons. The third kappa shape index (κ3) is 5.34. The molecule has 3 rings (SSSR count). The Morgan fingerprint density at radius 2 is 1.96 bits per heavy atom. The minimum atomic E-state index is -0.636. The molecule has 1 saturated heterocycles. The van der Waals surface area contributed by atoms with Crippen molar-refractivity contribution in [2.75, 3.05) is 44.2 Å². The molecule has 1 aliphatic carbocycles. The first-order valence-electron chi connectivity index (χ1n) is 9.55. The van der Waals surface area contributed by atoms with Crippen LogP contribution in [0.5, 0.6) is 0 Å². The smallest absolute Gasteiger partial charge is 0.293 e. The predicted octanol–water partition coefficient (Wildman–Crippen LogP) is 0.791. The van der Waals surface area contributed by atoms with Crippen molar-refractivity contribution in [3.05, 3.63) is 22.7 Å². The fraction of sp³-hybridized carbons (Fsp3) is 0.722. The molecule has 2 N–H and O–H groups in total. The standard InChI is InChI=1S/C18H30N6O2.HI/c1-3-19-17(21-14-18(26)6-4-5-7-18)24-12-10-23(11-13-24)15-16(25)22(2)9-8-20-15;/h8-9,26H,3-7,10-14H2,1-2H3,(H,19,21);1H. The zero-order chi connectivity index (χ0) is 18.6. The predicted molar refractivity (Wildman–Crippen MR) is 118 cm³/mol. The Morgan fingerprint density at radius 3 is 2.59 bits per heavy atom. The molecule has 152 valence electrons. The highest BCUT2D eigenvalue weighted by molar-refractivity contribution is 14.0. The maximum absolute atomic E-state index is 12.3. The van der Waals surface area contributed by atoms with Gasteiger partial charge in [0.2, 0.25) is 0 Å². The van der Waals surface area contributed by atoms with Crippen molar-refractivity contribution in [1.82, 2.24) is 19.8 Å². The molecule has 0 amide bonds. The van der Waals surface area contributed by atoms with E-state index in [0.29, 0.717) is 12.4 Å². The largest absolute Gasteiger partial charge is 0.388 e. The van der Waals surface area contributed by atoms with Gasteiger partial charge in [0.15, 0.2) is 11.8 Å². The Hall–Kier alpha value is -1.36. The molecule has 9 heteroatoms. The van der Waals surface area contributed by atoms with Crippen molar-refractivity contribution in [2.24, 2.45) is 12.0 Å². The van der Waals surface area contributed by atoms with Gasteiger partial charge in [-0.3, -0.25) is 9.79 Å². The summed E-state index contributed by atoms with van der Waals surface area (Å²) in [5.74, 6) is 1.36. The first-order chi connectivity index (χ1) is 12.5. The van der Waals surface area contributed by atoms with E-state index in [4.69, 9.17) is 4.99 Å². The van der Waals surface area contributed by atoms with Crippen molar-refractivity contribution in [1.29, 1.82) is 0 Å². The fourth-order valence-corrected chi connectivity index (χ4v) is 3.67. The summed E-state index contributed by atoms with van der Waals surface area (Å²) in [5.41, 5.74) is -0.701. The summed E-state index contributed by atoms with van der Waals surface area (Å²) in [7, 11) is 1.74. The van der Waals surface area contributed by atoms with Crippen LogP contribution in [-0.4, -0.2) is 70.4 Å². The molecule has 0 aromatic carbocycles. The van der Waals surface area contributed by atoms with Crippen molar-refractivity contribution < 1.29 is 5.11 Å². The second kappa shape index (κ2) is 9.72. The zero-order valence-electron chi connectivity index (χ0n) is 16.2. The molecule has 0 atom stereocenters. The highest BCUT2D eigenvalue weighted by Gasteiger charge is 2.31. The highest BCUT2D eigenvalue weighted by Crippen LogP contribution is 2.29. The van der Waals surface area contributed by atoms with E-state index in [1.54, 1.807) is 24.0 Å². The normalized spacial score (nSPS) is 19.7. The van der Waals surface area contributed by atoms with Crippen LogP contribution >= 0.6 is 24.0 Å². The first-order valence-corrected chi connectivity index (χ1v) is 9.55. The number of guanidine groups is 1. The van der Waals surface area contributed by atoms with Gasteiger partial charge in [0.25, 0.3) is 5.56 Å². The van der Waals surface area contributed by atoms with Crippen molar-refractivity contribution >= 4 is 35.8 Å². The van der Waals surface area contributed by atoms with Crippen LogP contribution in [0.2, 0.25) is 0 Å². The summed E-state index contributed by atoms with van der Waals surface area (Å²) in [6, 6.07) is 0. The number of rotatable bonds is 4. The summed E-state index contributed by atoms with van der Waals surface area (Å²) in [5, 5.41) is 13.9. The number of aromatic nitrogens is 2. The Kier molecular flexibility index (Phi) is 7.90. The topological polar surface area (TPSA) is 86.0 Å². The fourth-order valence-electron chi connectivity index (χ4n) is 3.67. The molecule has 0 bridgehead atoms. The molecule has 2 aliphatic rings. The number of nitrogens with one attached hydrogen (secondary N) is 1. The highest BCUT2D eigenvalue weighted by atomic mass is 127. The maximum atomic E-state index is 12.3. The molecule has 1 aromatic heterocycles. The van der Waals surface area contributed by atoms with Gasteiger partial charge in [-0.15, -0.1) is 24.0 Å². The Bertz CT molecular complexity index is 693. The number of aliphatic hydroxyl groups is 1. The molecule has 27 heavy (non-hydrogen) atoms. The Balaban J connectivity index is 0.00000261. The second-order valence-electron chi connectivity index (χ2n) is 7.24. The van der Waals surface area contributed by atoms with Crippen LogP contribution in [-0.2, 0) is 7.05 Å². The van der Waals surface area contributed by atoms with Crippen LogP contribution in [0.25, 0.3) is 0 Å². The number of nitrogens with zero attached hydrogens (tertiary/aromatic N) is 5. The SMILES string of the molecule is CCNC(=NCC1(O)CCCC1)N1CCN(c2nccn(C)c2=O)CC1.I. The number of anilines is 1. The van der Waals surface area contributed by atoms with Crippen molar-refractivity contribution in [3.8, 4) is 0 Å². The summed E-state index contributed by atoms with van der Waals surface area (Å²) in [6.07, 6.45) is 7.18. The lowest BCUT2D eigenvalue weighted by atomic mass is 10.0. The average Bonchev–Trinajstić information content (AvgIpc) is 3.08. The number of piperazine rings is 1. The minimum Gasteiger partial charge on any atom is -0.388 e. The van der Waals surface area contributed by atoms with Crippen molar-refractivity contribution in [2.45, 2.75) is 38.2 Å². The van der Waals surface area contributed by atoms with E-state index in [1.807, 2.05) is 11.8 Å². The van der Waals surface area contributed by atoms with Gasteiger partial charge in [-0.25, -0.2) is 4.98 Å². The Labute approximate surface area is 177 Å². The molecule has 2 fully saturated rings. The van der Waals surface area contributed by atoms with E-state index < -0.39 is 5.60 Å². The van der Waals surface area contributed by atoms with E-state index in [1.165, 1.54) is 0 Å². The second-order valence-corrected chi connectivity index (χ2v) is 7.24. The van der Waals surface area contributed by atoms with Crippen LogP contribution in [0.15, 0.2) is 22.2 Å². The molecule has 8 nitrogen and oxygen atoms in total. The summed E-state index contributed by atoms with van der Waals surface area (Å²) in [4.78, 5) is 25.5. The molecule has 0 spiro atoms. The van der Waals surface area contributed by atoms with Gasteiger partial charge >= 0.3 is 0 Å². The van der Waals surface area contributed by atoms with E-state index in [9.17, 15) is 9.90 Å².